The standard InChI is InChI=1S/C13H14O3/c1-9-8-11(10-6-4-3-5-7-10)16-13(2,15)12(9)14/h3-8,14-15H,1-2H3. The minimum Gasteiger partial charge on any atom is -0.506 e. The summed E-state index contributed by atoms with van der Waals surface area (Å²) in [6.45, 7) is 3.15. The number of allylic oxidation sites excluding steroid dienone is 2. The first-order chi connectivity index (χ1) is 7.50. The molecule has 1 heterocycles. The van der Waals surface area contributed by atoms with Crippen molar-refractivity contribution < 1.29 is 14.9 Å². The fraction of sp³-hybridized carbons (Fsp3) is 0.231. The maximum Gasteiger partial charge on any atom is 0.264 e. The summed E-state index contributed by atoms with van der Waals surface area (Å²) >= 11 is 0. The maximum absolute atomic E-state index is 9.87. The monoisotopic (exact) mass is 218 g/mol. The molecule has 2 N–H and O–H groups in total. The number of benzene rings is 1. The van der Waals surface area contributed by atoms with E-state index in [0.717, 1.165) is 5.56 Å². The molecule has 0 radical (unpaired) electrons. The maximum atomic E-state index is 9.87. The lowest BCUT2D eigenvalue weighted by Gasteiger charge is -2.30. The third kappa shape index (κ3) is 1.82. The molecule has 0 saturated heterocycles. The molecule has 0 amide bonds. The summed E-state index contributed by atoms with van der Waals surface area (Å²) in [4.78, 5) is 0. The lowest BCUT2D eigenvalue weighted by molar-refractivity contribution is -0.136. The highest BCUT2D eigenvalue weighted by Gasteiger charge is 2.34. The highest BCUT2D eigenvalue weighted by atomic mass is 16.6. The molecule has 1 aromatic carbocycles. The van der Waals surface area contributed by atoms with Crippen LogP contribution in [0.15, 0.2) is 47.7 Å². The van der Waals surface area contributed by atoms with Gasteiger partial charge in [0.1, 0.15) is 5.76 Å². The topological polar surface area (TPSA) is 49.7 Å². The van der Waals surface area contributed by atoms with Gasteiger partial charge in [0.2, 0.25) is 0 Å². The number of hydrogen-bond donors (Lipinski definition) is 2. The highest BCUT2D eigenvalue weighted by molar-refractivity contribution is 5.64. The van der Waals surface area contributed by atoms with Crippen molar-refractivity contribution in [1.29, 1.82) is 0 Å². The Morgan fingerprint density at radius 1 is 1.19 bits per heavy atom. The quantitative estimate of drug-likeness (QED) is 0.761. The number of ether oxygens (including phenoxy) is 1. The van der Waals surface area contributed by atoms with Gasteiger partial charge < -0.3 is 14.9 Å². The van der Waals surface area contributed by atoms with E-state index in [0.29, 0.717) is 11.3 Å². The van der Waals surface area contributed by atoms with Crippen LogP contribution in [-0.4, -0.2) is 16.0 Å². The van der Waals surface area contributed by atoms with Crippen molar-refractivity contribution in [1.82, 2.24) is 0 Å². The summed E-state index contributed by atoms with van der Waals surface area (Å²) < 4.78 is 5.35. The van der Waals surface area contributed by atoms with Crippen LogP contribution in [0.4, 0.5) is 0 Å². The van der Waals surface area contributed by atoms with Crippen molar-refractivity contribution in [2.24, 2.45) is 0 Å². The molecule has 0 bridgehead atoms. The van der Waals surface area contributed by atoms with E-state index in [9.17, 15) is 10.2 Å². The fourth-order valence-corrected chi connectivity index (χ4v) is 1.67. The van der Waals surface area contributed by atoms with Crippen molar-refractivity contribution in [2.45, 2.75) is 19.6 Å². The van der Waals surface area contributed by atoms with E-state index in [4.69, 9.17) is 4.74 Å². The summed E-state index contributed by atoms with van der Waals surface area (Å²) in [5.74, 6) is -1.24. The Kier molecular flexibility index (Phi) is 2.48. The van der Waals surface area contributed by atoms with Crippen molar-refractivity contribution in [3.05, 3.63) is 53.3 Å². The smallest absolute Gasteiger partial charge is 0.264 e. The summed E-state index contributed by atoms with van der Waals surface area (Å²) in [5.41, 5.74) is 1.48. The fourth-order valence-electron chi connectivity index (χ4n) is 1.67. The van der Waals surface area contributed by atoms with Crippen molar-refractivity contribution in [3.63, 3.8) is 0 Å². The second-order valence-corrected chi connectivity index (χ2v) is 3.99. The first kappa shape index (κ1) is 10.8. The van der Waals surface area contributed by atoms with E-state index in [1.165, 1.54) is 6.92 Å². The van der Waals surface area contributed by atoms with Gasteiger partial charge in [-0.1, -0.05) is 30.3 Å². The van der Waals surface area contributed by atoms with Crippen LogP contribution in [-0.2, 0) is 4.74 Å². The zero-order valence-electron chi connectivity index (χ0n) is 9.27. The summed E-state index contributed by atoms with van der Waals surface area (Å²) in [7, 11) is 0. The average Bonchev–Trinajstić information content (AvgIpc) is 2.26. The van der Waals surface area contributed by atoms with Crippen LogP contribution < -0.4 is 0 Å². The molecule has 1 aliphatic heterocycles. The van der Waals surface area contributed by atoms with E-state index >= 15 is 0 Å². The van der Waals surface area contributed by atoms with E-state index in [1.807, 2.05) is 30.3 Å². The Balaban J connectivity index is 2.44. The predicted octanol–water partition coefficient (Wildman–Crippen LogP) is 2.60. The third-order valence-corrected chi connectivity index (χ3v) is 2.53. The van der Waals surface area contributed by atoms with E-state index in [-0.39, 0.29) is 5.76 Å². The van der Waals surface area contributed by atoms with Gasteiger partial charge in [-0.25, -0.2) is 0 Å². The van der Waals surface area contributed by atoms with Gasteiger partial charge in [0.05, 0.1) is 0 Å². The Bertz CT molecular complexity index is 455. The first-order valence-electron chi connectivity index (χ1n) is 5.09. The lowest BCUT2D eigenvalue weighted by atomic mass is 10.0. The average molecular weight is 218 g/mol. The molecule has 0 aliphatic carbocycles. The Labute approximate surface area is 94.3 Å². The van der Waals surface area contributed by atoms with Crippen LogP contribution in [0.5, 0.6) is 0 Å². The largest absolute Gasteiger partial charge is 0.506 e. The molecule has 3 heteroatoms. The van der Waals surface area contributed by atoms with E-state index < -0.39 is 5.79 Å². The zero-order chi connectivity index (χ0) is 11.8. The molecular weight excluding hydrogens is 204 g/mol. The van der Waals surface area contributed by atoms with Crippen LogP contribution in [0.2, 0.25) is 0 Å². The Hall–Kier alpha value is -1.74. The molecule has 0 fully saturated rings. The number of aliphatic hydroxyl groups is 2. The number of hydrogen-bond acceptors (Lipinski definition) is 3. The molecule has 3 nitrogen and oxygen atoms in total. The molecular formula is C13H14O3. The van der Waals surface area contributed by atoms with Gasteiger partial charge in [0.25, 0.3) is 5.79 Å². The Morgan fingerprint density at radius 3 is 2.38 bits per heavy atom. The molecule has 0 spiro atoms. The molecule has 84 valence electrons. The second kappa shape index (κ2) is 3.68. The van der Waals surface area contributed by atoms with E-state index in [1.54, 1.807) is 13.0 Å². The van der Waals surface area contributed by atoms with Gasteiger partial charge in [0, 0.05) is 12.5 Å². The number of aliphatic hydroxyl groups excluding tert-OH is 1. The van der Waals surface area contributed by atoms with Crippen molar-refractivity contribution in [3.8, 4) is 0 Å². The van der Waals surface area contributed by atoms with Crippen molar-refractivity contribution >= 4 is 5.76 Å². The first-order valence-corrected chi connectivity index (χ1v) is 5.09. The zero-order valence-corrected chi connectivity index (χ0v) is 9.27. The van der Waals surface area contributed by atoms with Gasteiger partial charge >= 0.3 is 0 Å². The minimum atomic E-state index is -1.65. The van der Waals surface area contributed by atoms with Gasteiger partial charge in [-0.15, -0.1) is 0 Å². The second-order valence-electron chi connectivity index (χ2n) is 3.99. The molecule has 1 aromatic rings. The molecule has 16 heavy (non-hydrogen) atoms. The molecule has 1 unspecified atom stereocenters. The highest BCUT2D eigenvalue weighted by Crippen LogP contribution is 2.33. The summed E-state index contributed by atoms with van der Waals surface area (Å²) in [5, 5.41) is 19.5. The molecule has 1 atom stereocenters. The summed E-state index contributed by atoms with van der Waals surface area (Å²) in [6.07, 6.45) is 1.71. The van der Waals surface area contributed by atoms with Crippen molar-refractivity contribution in [2.75, 3.05) is 0 Å². The lowest BCUT2D eigenvalue weighted by Crippen LogP contribution is -2.33. The molecule has 2 rings (SSSR count). The van der Waals surface area contributed by atoms with E-state index in [2.05, 4.69) is 0 Å². The molecule has 0 saturated carbocycles. The number of rotatable bonds is 1. The van der Waals surface area contributed by atoms with Gasteiger partial charge in [-0.2, -0.15) is 0 Å². The molecule has 0 aromatic heterocycles. The van der Waals surface area contributed by atoms with Gasteiger partial charge in [0.15, 0.2) is 5.76 Å². The predicted molar refractivity (Wildman–Crippen MR) is 61.5 cm³/mol. The van der Waals surface area contributed by atoms with Crippen LogP contribution in [0, 0.1) is 0 Å². The SMILES string of the molecule is CC1=C(O)C(C)(O)OC(c2ccccc2)=C1. The minimum absolute atomic E-state index is 0.146. The van der Waals surface area contributed by atoms with Crippen LogP contribution in [0.25, 0.3) is 5.76 Å². The summed E-state index contributed by atoms with van der Waals surface area (Å²) in [6, 6.07) is 9.46. The Morgan fingerprint density at radius 2 is 1.81 bits per heavy atom. The third-order valence-electron chi connectivity index (χ3n) is 2.53. The van der Waals surface area contributed by atoms with Gasteiger partial charge in [-0.3, -0.25) is 0 Å². The van der Waals surface area contributed by atoms with Crippen LogP contribution >= 0.6 is 0 Å². The molecule has 1 aliphatic rings. The van der Waals surface area contributed by atoms with Gasteiger partial charge in [-0.05, 0) is 18.6 Å². The normalized spacial score (nSPS) is 25.1. The van der Waals surface area contributed by atoms with Crippen LogP contribution in [0.1, 0.15) is 19.4 Å². The van der Waals surface area contributed by atoms with Crippen LogP contribution in [0.3, 0.4) is 0 Å².